The van der Waals surface area contributed by atoms with Gasteiger partial charge in [0.05, 0.1) is 7.11 Å². The monoisotopic (exact) mass is 416 g/mol. The number of aromatic amines is 1. The van der Waals surface area contributed by atoms with Gasteiger partial charge in [0.25, 0.3) is 11.5 Å². The van der Waals surface area contributed by atoms with Crippen molar-refractivity contribution in [2.75, 3.05) is 12.4 Å². The standard InChI is InChI=1S/C25H24N2O4/c1-3-15-4-8-18(9-5-15)26-24(29)21-14-20-22(27-25(21)30)12-17(13-23(20)28)16-6-10-19(31-2)11-7-16/h4-11,14,17H,3,12-13H2,1-2H3,(H,26,29)(H,27,30). The first-order chi connectivity index (χ1) is 15.0. The Balaban J connectivity index is 1.57. The van der Waals surface area contributed by atoms with Crippen LogP contribution in [0.3, 0.4) is 0 Å². The number of pyridine rings is 1. The smallest absolute Gasteiger partial charge is 0.261 e. The number of carbonyl (C=O) groups excluding carboxylic acids is 2. The van der Waals surface area contributed by atoms with E-state index in [1.54, 1.807) is 19.2 Å². The Morgan fingerprint density at radius 1 is 1.06 bits per heavy atom. The number of anilines is 1. The lowest BCUT2D eigenvalue weighted by atomic mass is 9.81. The van der Waals surface area contributed by atoms with E-state index in [4.69, 9.17) is 4.74 Å². The van der Waals surface area contributed by atoms with Crippen LogP contribution in [0.25, 0.3) is 0 Å². The molecular formula is C25H24N2O4. The average molecular weight is 416 g/mol. The summed E-state index contributed by atoms with van der Waals surface area (Å²) in [4.78, 5) is 40.9. The lowest BCUT2D eigenvalue weighted by Gasteiger charge is -2.24. The van der Waals surface area contributed by atoms with Crippen LogP contribution in [-0.2, 0) is 12.8 Å². The van der Waals surface area contributed by atoms with Crippen molar-refractivity contribution < 1.29 is 14.3 Å². The van der Waals surface area contributed by atoms with Crippen LogP contribution in [0.1, 0.15) is 56.8 Å². The van der Waals surface area contributed by atoms with Gasteiger partial charge < -0.3 is 15.0 Å². The van der Waals surface area contributed by atoms with Gasteiger partial charge in [-0.25, -0.2) is 0 Å². The number of ketones is 1. The normalized spacial score (nSPS) is 15.3. The molecule has 1 aliphatic rings. The average Bonchev–Trinajstić information content (AvgIpc) is 2.79. The Hall–Kier alpha value is -3.67. The Kier molecular flexibility index (Phi) is 5.71. The molecule has 2 N–H and O–H groups in total. The van der Waals surface area contributed by atoms with Gasteiger partial charge in [0.1, 0.15) is 11.3 Å². The SMILES string of the molecule is CCc1ccc(NC(=O)c2cc3c([nH]c2=O)CC(c2ccc(OC)cc2)CC3=O)cc1. The Bertz CT molecular complexity index is 1180. The summed E-state index contributed by atoms with van der Waals surface area (Å²) in [7, 11) is 1.61. The molecular weight excluding hydrogens is 392 g/mol. The second kappa shape index (κ2) is 8.60. The highest BCUT2D eigenvalue weighted by Crippen LogP contribution is 2.32. The number of fused-ring (bicyclic) bond motifs is 1. The molecule has 0 fully saturated rings. The third-order valence-electron chi connectivity index (χ3n) is 5.76. The summed E-state index contributed by atoms with van der Waals surface area (Å²) >= 11 is 0. The molecule has 0 bridgehead atoms. The summed E-state index contributed by atoms with van der Waals surface area (Å²) in [5.74, 6) is 0.107. The molecule has 2 aromatic carbocycles. The van der Waals surface area contributed by atoms with E-state index < -0.39 is 11.5 Å². The van der Waals surface area contributed by atoms with Crippen LogP contribution in [0.5, 0.6) is 5.75 Å². The van der Waals surface area contributed by atoms with Gasteiger partial charge in [-0.15, -0.1) is 0 Å². The molecule has 31 heavy (non-hydrogen) atoms. The molecule has 0 spiro atoms. The zero-order chi connectivity index (χ0) is 22.0. The van der Waals surface area contributed by atoms with Crippen molar-refractivity contribution in [1.82, 2.24) is 4.98 Å². The predicted molar refractivity (Wildman–Crippen MR) is 119 cm³/mol. The fourth-order valence-corrected chi connectivity index (χ4v) is 3.93. The van der Waals surface area contributed by atoms with E-state index in [1.165, 1.54) is 6.07 Å². The van der Waals surface area contributed by atoms with Crippen molar-refractivity contribution >= 4 is 17.4 Å². The van der Waals surface area contributed by atoms with E-state index in [-0.39, 0.29) is 17.3 Å². The molecule has 1 atom stereocenters. The first-order valence-electron chi connectivity index (χ1n) is 10.3. The van der Waals surface area contributed by atoms with Gasteiger partial charge in [-0.1, -0.05) is 31.2 Å². The fraction of sp³-hybridized carbons (Fsp3) is 0.240. The summed E-state index contributed by atoms with van der Waals surface area (Å²) in [6.45, 7) is 2.05. The summed E-state index contributed by atoms with van der Waals surface area (Å²) in [5, 5.41) is 2.74. The highest BCUT2D eigenvalue weighted by atomic mass is 16.5. The number of ether oxygens (including phenoxy) is 1. The van der Waals surface area contributed by atoms with Gasteiger partial charge in [-0.05, 0) is 60.2 Å². The predicted octanol–water partition coefficient (Wildman–Crippen LogP) is 4.11. The molecule has 158 valence electrons. The Morgan fingerprint density at radius 3 is 2.42 bits per heavy atom. The largest absolute Gasteiger partial charge is 0.497 e. The zero-order valence-corrected chi connectivity index (χ0v) is 17.5. The topological polar surface area (TPSA) is 88.3 Å². The molecule has 1 aromatic heterocycles. The number of H-pyrrole nitrogens is 1. The number of nitrogens with one attached hydrogen (secondary N) is 2. The minimum atomic E-state index is -0.529. The molecule has 0 saturated heterocycles. The van der Waals surface area contributed by atoms with E-state index in [0.717, 1.165) is 23.3 Å². The molecule has 0 radical (unpaired) electrons. The van der Waals surface area contributed by atoms with E-state index in [2.05, 4.69) is 17.2 Å². The van der Waals surface area contributed by atoms with Crippen molar-refractivity contribution in [1.29, 1.82) is 0 Å². The van der Waals surface area contributed by atoms with Crippen LogP contribution in [-0.4, -0.2) is 23.8 Å². The molecule has 0 saturated carbocycles. The van der Waals surface area contributed by atoms with Gasteiger partial charge in [0, 0.05) is 23.4 Å². The van der Waals surface area contributed by atoms with Crippen LogP contribution in [0, 0.1) is 0 Å². The Morgan fingerprint density at radius 2 is 1.77 bits per heavy atom. The number of aryl methyl sites for hydroxylation is 1. The molecule has 1 unspecified atom stereocenters. The van der Waals surface area contributed by atoms with E-state index in [9.17, 15) is 14.4 Å². The highest BCUT2D eigenvalue weighted by Gasteiger charge is 2.29. The first kappa shape index (κ1) is 20.6. The van der Waals surface area contributed by atoms with E-state index >= 15 is 0 Å². The molecule has 1 amide bonds. The number of hydrogen-bond acceptors (Lipinski definition) is 4. The summed E-state index contributed by atoms with van der Waals surface area (Å²) in [6.07, 6.45) is 1.76. The highest BCUT2D eigenvalue weighted by molar-refractivity contribution is 6.06. The lowest BCUT2D eigenvalue weighted by Crippen LogP contribution is -2.29. The van der Waals surface area contributed by atoms with Gasteiger partial charge in [-0.3, -0.25) is 14.4 Å². The molecule has 1 heterocycles. The van der Waals surface area contributed by atoms with E-state index in [0.29, 0.717) is 29.8 Å². The molecule has 3 aromatic rings. The summed E-state index contributed by atoms with van der Waals surface area (Å²) < 4.78 is 5.19. The maximum atomic E-state index is 12.8. The third-order valence-corrected chi connectivity index (χ3v) is 5.76. The number of carbonyl (C=O) groups is 2. The molecule has 6 heteroatoms. The van der Waals surface area contributed by atoms with Crippen molar-refractivity contribution in [3.8, 4) is 5.75 Å². The first-order valence-corrected chi connectivity index (χ1v) is 10.3. The van der Waals surface area contributed by atoms with Crippen LogP contribution in [0.4, 0.5) is 5.69 Å². The van der Waals surface area contributed by atoms with Crippen molar-refractivity contribution in [2.24, 2.45) is 0 Å². The maximum absolute atomic E-state index is 12.8. The summed E-state index contributed by atoms with van der Waals surface area (Å²) in [5.41, 5.74) is 3.20. The molecule has 4 rings (SSSR count). The number of methoxy groups -OCH3 is 1. The number of rotatable bonds is 5. The summed E-state index contributed by atoms with van der Waals surface area (Å²) in [6, 6.07) is 16.5. The Labute approximate surface area is 180 Å². The number of hydrogen-bond donors (Lipinski definition) is 2. The second-order valence-electron chi connectivity index (χ2n) is 7.71. The lowest BCUT2D eigenvalue weighted by molar-refractivity contribution is 0.0963. The van der Waals surface area contributed by atoms with Gasteiger partial charge >= 0.3 is 0 Å². The minimum Gasteiger partial charge on any atom is -0.497 e. The maximum Gasteiger partial charge on any atom is 0.261 e. The van der Waals surface area contributed by atoms with Crippen LogP contribution < -0.4 is 15.6 Å². The number of amides is 1. The second-order valence-corrected chi connectivity index (χ2v) is 7.71. The molecule has 0 aliphatic heterocycles. The fourth-order valence-electron chi connectivity index (χ4n) is 3.93. The molecule has 1 aliphatic carbocycles. The number of Topliss-reactive ketones (excluding diaryl/α,β-unsaturated/α-hetero) is 1. The van der Waals surface area contributed by atoms with Crippen LogP contribution in [0.2, 0.25) is 0 Å². The van der Waals surface area contributed by atoms with Gasteiger partial charge in [0.2, 0.25) is 0 Å². The van der Waals surface area contributed by atoms with Crippen molar-refractivity contribution in [3.63, 3.8) is 0 Å². The number of benzene rings is 2. The van der Waals surface area contributed by atoms with Gasteiger partial charge in [0.15, 0.2) is 5.78 Å². The van der Waals surface area contributed by atoms with Crippen LogP contribution in [0.15, 0.2) is 59.4 Å². The van der Waals surface area contributed by atoms with Crippen molar-refractivity contribution in [3.05, 3.63) is 92.9 Å². The van der Waals surface area contributed by atoms with E-state index in [1.807, 2.05) is 36.4 Å². The third kappa shape index (κ3) is 4.28. The minimum absolute atomic E-state index is 0.0293. The van der Waals surface area contributed by atoms with Crippen LogP contribution >= 0.6 is 0 Å². The zero-order valence-electron chi connectivity index (χ0n) is 17.5. The number of aromatic nitrogens is 1. The molecule has 6 nitrogen and oxygen atoms in total. The van der Waals surface area contributed by atoms with Crippen molar-refractivity contribution in [2.45, 2.75) is 32.1 Å². The van der Waals surface area contributed by atoms with Gasteiger partial charge in [-0.2, -0.15) is 0 Å². The quantitative estimate of drug-likeness (QED) is 0.655.